The van der Waals surface area contributed by atoms with Crippen LogP contribution in [-0.4, -0.2) is 5.54 Å². The van der Waals surface area contributed by atoms with E-state index >= 15 is 0 Å². The van der Waals surface area contributed by atoms with Crippen molar-refractivity contribution in [2.75, 3.05) is 0 Å². The SMILES string of the molecule is CCCCC1(N)CCCC1. The van der Waals surface area contributed by atoms with E-state index < -0.39 is 0 Å². The van der Waals surface area contributed by atoms with Crippen LogP contribution in [-0.2, 0) is 0 Å². The zero-order valence-electron chi connectivity index (χ0n) is 7.03. The molecule has 1 fully saturated rings. The second-order valence-corrected chi connectivity index (χ2v) is 3.67. The fourth-order valence-electron chi connectivity index (χ4n) is 1.86. The van der Waals surface area contributed by atoms with E-state index in [0.29, 0.717) is 0 Å². The minimum Gasteiger partial charge on any atom is -0.325 e. The van der Waals surface area contributed by atoms with Gasteiger partial charge in [0.25, 0.3) is 0 Å². The molecule has 1 aliphatic carbocycles. The van der Waals surface area contributed by atoms with Crippen molar-refractivity contribution in [3.05, 3.63) is 0 Å². The van der Waals surface area contributed by atoms with Crippen molar-refractivity contribution in [1.29, 1.82) is 0 Å². The molecular weight excluding hydrogens is 122 g/mol. The minimum atomic E-state index is 0.246. The molecule has 0 aromatic carbocycles. The smallest absolute Gasteiger partial charge is 0.0154 e. The lowest BCUT2D eigenvalue weighted by molar-refractivity contribution is 0.391. The highest BCUT2D eigenvalue weighted by Crippen LogP contribution is 2.31. The van der Waals surface area contributed by atoms with Crippen LogP contribution in [0.3, 0.4) is 0 Å². The van der Waals surface area contributed by atoms with Gasteiger partial charge in [-0.15, -0.1) is 0 Å². The highest BCUT2D eigenvalue weighted by atomic mass is 14.7. The van der Waals surface area contributed by atoms with Crippen molar-refractivity contribution in [2.24, 2.45) is 5.73 Å². The van der Waals surface area contributed by atoms with Gasteiger partial charge in [-0.1, -0.05) is 32.6 Å². The summed E-state index contributed by atoms with van der Waals surface area (Å²) >= 11 is 0. The number of nitrogens with two attached hydrogens (primary N) is 1. The lowest BCUT2D eigenvalue weighted by Crippen LogP contribution is -2.35. The van der Waals surface area contributed by atoms with Crippen LogP contribution in [0, 0.1) is 0 Å². The van der Waals surface area contributed by atoms with E-state index in [4.69, 9.17) is 5.73 Å². The van der Waals surface area contributed by atoms with E-state index in [0.717, 1.165) is 0 Å². The molecular formula is C9H19N. The third kappa shape index (κ3) is 1.98. The highest BCUT2D eigenvalue weighted by molar-refractivity contribution is 4.88. The predicted molar refractivity (Wildman–Crippen MR) is 44.9 cm³/mol. The van der Waals surface area contributed by atoms with Gasteiger partial charge in [0, 0.05) is 5.54 Å². The summed E-state index contributed by atoms with van der Waals surface area (Å²) in [5.41, 5.74) is 6.39. The van der Waals surface area contributed by atoms with E-state index in [1.165, 1.54) is 44.9 Å². The van der Waals surface area contributed by atoms with Crippen LogP contribution in [0.4, 0.5) is 0 Å². The minimum absolute atomic E-state index is 0.246. The van der Waals surface area contributed by atoms with Crippen LogP contribution in [0.2, 0.25) is 0 Å². The van der Waals surface area contributed by atoms with Gasteiger partial charge in [-0.3, -0.25) is 0 Å². The Hall–Kier alpha value is -0.0400. The molecule has 1 aliphatic rings. The van der Waals surface area contributed by atoms with E-state index in [2.05, 4.69) is 6.92 Å². The van der Waals surface area contributed by atoms with Gasteiger partial charge in [-0.25, -0.2) is 0 Å². The summed E-state index contributed by atoms with van der Waals surface area (Å²) in [4.78, 5) is 0. The molecule has 1 nitrogen and oxygen atoms in total. The van der Waals surface area contributed by atoms with Crippen molar-refractivity contribution >= 4 is 0 Å². The van der Waals surface area contributed by atoms with Gasteiger partial charge in [0.05, 0.1) is 0 Å². The Labute approximate surface area is 64.0 Å². The monoisotopic (exact) mass is 141 g/mol. The first-order valence-corrected chi connectivity index (χ1v) is 4.56. The van der Waals surface area contributed by atoms with Gasteiger partial charge < -0.3 is 5.73 Å². The highest BCUT2D eigenvalue weighted by Gasteiger charge is 2.27. The number of hydrogen-bond donors (Lipinski definition) is 1. The van der Waals surface area contributed by atoms with E-state index in [1.54, 1.807) is 0 Å². The lowest BCUT2D eigenvalue weighted by Gasteiger charge is -2.22. The third-order valence-electron chi connectivity index (χ3n) is 2.63. The summed E-state index contributed by atoms with van der Waals surface area (Å²) in [6.07, 6.45) is 9.12. The second-order valence-electron chi connectivity index (χ2n) is 3.67. The Balaban J connectivity index is 2.22. The van der Waals surface area contributed by atoms with E-state index in [9.17, 15) is 0 Å². The maximum atomic E-state index is 6.15. The maximum absolute atomic E-state index is 6.15. The molecule has 0 aliphatic heterocycles. The summed E-state index contributed by atoms with van der Waals surface area (Å²) < 4.78 is 0. The van der Waals surface area contributed by atoms with Crippen LogP contribution < -0.4 is 5.73 Å². The van der Waals surface area contributed by atoms with Crippen LogP contribution in [0.15, 0.2) is 0 Å². The molecule has 0 atom stereocenters. The molecule has 0 aromatic rings. The first-order valence-electron chi connectivity index (χ1n) is 4.56. The molecule has 0 heterocycles. The van der Waals surface area contributed by atoms with Crippen LogP contribution in [0.5, 0.6) is 0 Å². The number of unbranched alkanes of at least 4 members (excludes halogenated alkanes) is 1. The standard InChI is InChI=1S/C9H19N/c1-2-3-6-9(10)7-4-5-8-9/h2-8,10H2,1H3. The maximum Gasteiger partial charge on any atom is 0.0154 e. The molecule has 0 bridgehead atoms. The Morgan fingerprint density at radius 1 is 1.30 bits per heavy atom. The fraction of sp³-hybridized carbons (Fsp3) is 1.00. The van der Waals surface area contributed by atoms with Crippen LogP contribution >= 0.6 is 0 Å². The van der Waals surface area contributed by atoms with Crippen molar-refractivity contribution in [1.82, 2.24) is 0 Å². The van der Waals surface area contributed by atoms with E-state index in [-0.39, 0.29) is 5.54 Å². The van der Waals surface area contributed by atoms with Crippen LogP contribution in [0.25, 0.3) is 0 Å². The molecule has 1 heteroatoms. The summed E-state index contributed by atoms with van der Waals surface area (Å²) in [5, 5.41) is 0. The van der Waals surface area contributed by atoms with Crippen molar-refractivity contribution in [2.45, 2.75) is 57.4 Å². The van der Waals surface area contributed by atoms with Gasteiger partial charge in [-0.05, 0) is 19.3 Å². The van der Waals surface area contributed by atoms with Gasteiger partial charge in [0.15, 0.2) is 0 Å². The van der Waals surface area contributed by atoms with Gasteiger partial charge in [0.1, 0.15) is 0 Å². The molecule has 2 N–H and O–H groups in total. The number of rotatable bonds is 3. The van der Waals surface area contributed by atoms with Crippen molar-refractivity contribution in [3.8, 4) is 0 Å². The molecule has 0 amide bonds. The Bertz CT molecular complexity index is 92.9. The molecule has 0 saturated heterocycles. The first kappa shape index (κ1) is 8.06. The quantitative estimate of drug-likeness (QED) is 0.642. The predicted octanol–water partition coefficient (Wildman–Crippen LogP) is 2.45. The Kier molecular flexibility index (Phi) is 2.72. The first-order chi connectivity index (χ1) is 4.77. The molecule has 10 heavy (non-hydrogen) atoms. The van der Waals surface area contributed by atoms with Crippen molar-refractivity contribution < 1.29 is 0 Å². The Morgan fingerprint density at radius 2 is 1.90 bits per heavy atom. The topological polar surface area (TPSA) is 26.0 Å². The van der Waals surface area contributed by atoms with Crippen molar-refractivity contribution in [3.63, 3.8) is 0 Å². The molecule has 1 rings (SSSR count). The summed E-state index contributed by atoms with van der Waals surface area (Å²) in [5.74, 6) is 0. The average molecular weight is 141 g/mol. The normalized spacial score (nSPS) is 23.4. The molecule has 0 radical (unpaired) electrons. The summed E-state index contributed by atoms with van der Waals surface area (Å²) in [6.45, 7) is 2.23. The Morgan fingerprint density at radius 3 is 2.40 bits per heavy atom. The third-order valence-corrected chi connectivity index (χ3v) is 2.63. The van der Waals surface area contributed by atoms with Gasteiger partial charge >= 0.3 is 0 Å². The van der Waals surface area contributed by atoms with Crippen LogP contribution in [0.1, 0.15) is 51.9 Å². The molecule has 0 aromatic heterocycles. The van der Waals surface area contributed by atoms with Gasteiger partial charge in [-0.2, -0.15) is 0 Å². The summed E-state index contributed by atoms with van der Waals surface area (Å²) in [6, 6.07) is 0. The summed E-state index contributed by atoms with van der Waals surface area (Å²) in [7, 11) is 0. The number of hydrogen-bond acceptors (Lipinski definition) is 1. The zero-order chi connectivity index (χ0) is 7.45. The molecule has 60 valence electrons. The lowest BCUT2D eigenvalue weighted by atomic mass is 9.92. The fourth-order valence-corrected chi connectivity index (χ4v) is 1.86. The van der Waals surface area contributed by atoms with Gasteiger partial charge in [0.2, 0.25) is 0 Å². The van der Waals surface area contributed by atoms with E-state index in [1.807, 2.05) is 0 Å². The second kappa shape index (κ2) is 3.38. The average Bonchev–Trinajstić information content (AvgIpc) is 2.33. The zero-order valence-corrected chi connectivity index (χ0v) is 7.03. The molecule has 1 saturated carbocycles. The molecule has 0 unspecified atom stereocenters. The molecule has 0 spiro atoms. The largest absolute Gasteiger partial charge is 0.325 e.